The summed E-state index contributed by atoms with van der Waals surface area (Å²) in [7, 11) is 1.69. The Morgan fingerprint density at radius 3 is 2.44 bits per heavy atom. The van der Waals surface area contributed by atoms with Crippen molar-refractivity contribution in [3.05, 3.63) is 119 Å². The van der Waals surface area contributed by atoms with E-state index in [0.29, 0.717) is 0 Å². The summed E-state index contributed by atoms with van der Waals surface area (Å²) in [5.74, 6) is 0.598. The zero-order valence-electron chi connectivity index (χ0n) is 20.7. The van der Waals surface area contributed by atoms with Crippen molar-refractivity contribution in [2.24, 2.45) is 16.1 Å². The Balaban J connectivity index is 1.50. The van der Waals surface area contributed by atoms with E-state index >= 15 is 0 Å². The first kappa shape index (κ1) is 24.0. The fourth-order valence-corrected chi connectivity index (χ4v) is 5.51. The van der Waals surface area contributed by atoms with Crippen LogP contribution in [0.25, 0.3) is 0 Å². The second-order valence-corrected chi connectivity index (χ2v) is 9.76. The average Bonchev–Trinajstić information content (AvgIpc) is 2.91. The van der Waals surface area contributed by atoms with Gasteiger partial charge in [-0.15, -0.1) is 0 Å². The van der Waals surface area contributed by atoms with Crippen LogP contribution >= 0.6 is 0 Å². The number of fused-ring (bicyclic) bond motifs is 1. The zero-order chi connectivity index (χ0) is 25.0. The van der Waals surface area contributed by atoms with Crippen molar-refractivity contribution in [3.63, 3.8) is 0 Å². The van der Waals surface area contributed by atoms with Crippen LogP contribution in [-0.2, 0) is 13.0 Å². The molecule has 3 aromatic carbocycles. The van der Waals surface area contributed by atoms with E-state index < -0.39 is 0 Å². The van der Waals surface area contributed by atoms with Crippen molar-refractivity contribution < 1.29 is 9.13 Å². The number of methoxy groups -OCH3 is 1. The first-order valence-electron chi connectivity index (χ1n) is 12.4. The molecule has 2 aliphatic rings. The Hall–Kier alpha value is -3.70. The molecule has 4 nitrogen and oxygen atoms in total. The lowest BCUT2D eigenvalue weighted by atomic mass is 9.64. The topological polar surface area (TPSA) is 50.9 Å². The minimum atomic E-state index is -0.264. The summed E-state index contributed by atoms with van der Waals surface area (Å²) < 4.78 is 18.8. The highest BCUT2D eigenvalue weighted by Gasteiger charge is 2.43. The Morgan fingerprint density at radius 2 is 1.75 bits per heavy atom. The largest absolute Gasteiger partial charge is 0.497 e. The number of nitrogens with zero attached hydrogens (tertiary/aromatic N) is 2. The van der Waals surface area contributed by atoms with E-state index in [4.69, 9.17) is 15.5 Å². The molecule has 5 heteroatoms. The summed E-state index contributed by atoms with van der Waals surface area (Å²) in [6, 6.07) is 25.3. The van der Waals surface area contributed by atoms with Crippen molar-refractivity contribution in [2.45, 2.75) is 25.8 Å². The van der Waals surface area contributed by atoms with Crippen molar-refractivity contribution in [1.82, 2.24) is 4.90 Å². The number of nitrogens with two attached hydrogens (primary N) is 1. The van der Waals surface area contributed by atoms with Crippen LogP contribution in [0.15, 0.2) is 107 Å². The van der Waals surface area contributed by atoms with Crippen molar-refractivity contribution in [2.75, 3.05) is 20.2 Å². The maximum atomic E-state index is 13.4. The highest BCUT2D eigenvalue weighted by Crippen LogP contribution is 2.47. The molecule has 1 fully saturated rings. The van der Waals surface area contributed by atoms with Gasteiger partial charge in [-0.25, -0.2) is 9.38 Å². The summed E-state index contributed by atoms with van der Waals surface area (Å²) in [6.07, 6.45) is 6.63. The molecular weight excluding hydrogens is 449 g/mol. The summed E-state index contributed by atoms with van der Waals surface area (Å²) in [4.78, 5) is 7.41. The van der Waals surface area contributed by atoms with Gasteiger partial charge in [-0.05, 0) is 84.6 Å². The van der Waals surface area contributed by atoms with E-state index in [9.17, 15) is 4.39 Å². The molecule has 0 radical (unpaired) electrons. The number of allylic oxidation sites excluding steroid dienone is 2. The summed E-state index contributed by atoms with van der Waals surface area (Å²) in [5.41, 5.74) is 12.8. The third-order valence-corrected chi connectivity index (χ3v) is 7.30. The predicted molar refractivity (Wildman–Crippen MR) is 144 cm³/mol. The molecule has 1 aliphatic carbocycles. The van der Waals surface area contributed by atoms with Crippen molar-refractivity contribution in [1.29, 1.82) is 0 Å². The smallest absolute Gasteiger partial charge is 0.123 e. The molecule has 36 heavy (non-hydrogen) atoms. The van der Waals surface area contributed by atoms with Gasteiger partial charge in [0, 0.05) is 25.0 Å². The van der Waals surface area contributed by atoms with Gasteiger partial charge in [-0.2, -0.15) is 0 Å². The molecule has 1 aliphatic heterocycles. The second kappa shape index (κ2) is 10.5. The van der Waals surface area contributed by atoms with E-state index in [1.165, 1.54) is 28.8 Å². The van der Waals surface area contributed by atoms with E-state index in [0.717, 1.165) is 61.6 Å². The van der Waals surface area contributed by atoms with E-state index in [2.05, 4.69) is 53.4 Å². The van der Waals surface area contributed by atoms with Gasteiger partial charge in [-0.3, -0.25) is 4.90 Å². The van der Waals surface area contributed by atoms with Gasteiger partial charge in [-0.1, -0.05) is 48.0 Å². The minimum Gasteiger partial charge on any atom is -0.497 e. The number of ether oxygens (including phenoxy) is 1. The average molecular weight is 482 g/mol. The number of hydrogen-bond donors (Lipinski definition) is 1. The molecule has 1 unspecified atom stereocenters. The van der Waals surface area contributed by atoms with Crippen LogP contribution in [0, 0.1) is 11.2 Å². The number of piperidine rings is 1. The summed E-state index contributed by atoms with van der Waals surface area (Å²) in [6.45, 7) is 2.87. The lowest BCUT2D eigenvalue weighted by Crippen LogP contribution is -2.48. The van der Waals surface area contributed by atoms with Crippen LogP contribution < -0.4 is 10.5 Å². The molecule has 1 heterocycles. The van der Waals surface area contributed by atoms with E-state index in [1.807, 2.05) is 12.1 Å². The molecule has 3 aromatic rings. The maximum Gasteiger partial charge on any atom is 0.123 e. The second-order valence-electron chi connectivity index (χ2n) is 9.76. The number of likely N-dealkylation sites (tertiary alicyclic amines) is 1. The molecule has 0 spiro atoms. The molecule has 0 saturated carbocycles. The predicted octanol–water partition coefficient (Wildman–Crippen LogP) is 6.21. The van der Waals surface area contributed by atoms with Crippen molar-refractivity contribution in [3.8, 4) is 5.75 Å². The van der Waals surface area contributed by atoms with Gasteiger partial charge < -0.3 is 10.5 Å². The number of rotatable bonds is 6. The van der Waals surface area contributed by atoms with Gasteiger partial charge in [0.05, 0.1) is 18.5 Å². The van der Waals surface area contributed by atoms with Gasteiger partial charge in [0.1, 0.15) is 11.6 Å². The lowest BCUT2D eigenvalue weighted by molar-refractivity contribution is 0.131. The van der Waals surface area contributed by atoms with Crippen LogP contribution in [0.5, 0.6) is 5.75 Å². The van der Waals surface area contributed by atoms with E-state index in [-0.39, 0.29) is 11.2 Å². The van der Waals surface area contributed by atoms with Crippen LogP contribution in [0.2, 0.25) is 0 Å². The number of aliphatic imine (C=N–C) groups is 1. The van der Waals surface area contributed by atoms with Crippen LogP contribution in [0.1, 0.15) is 24.0 Å². The monoisotopic (exact) mass is 481 g/mol. The summed E-state index contributed by atoms with van der Waals surface area (Å²) >= 11 is 0. The number of benzene rings is 3. The molecule has 5 rings (SSSR count). The molecule has 0 aromatic heterocycles. The van der Waals surface area contributed by atoms with Crippen molar-refractivity contribution >= 4 is 11.4 Å². The first-order valence-corrected chi connectivity index (χ1v) is 12.4. The van der Waals surface area contributed by atoms with Crippen LogP contribution in [0.4, 0.5) is 10.1 Å². The Labute approximate surface area is 212 Å². The quantitative estimate of drug-likeness (QED) is 0.455. The zero-order valence-corrected chi connectivity index (χ0v) is 20.7. The normalized spacial score (nSPS) is 22.3. The molecule has 1 saturated heterocycles. The molecule has 2 N–H and O–H groups in total. The SMILES string of the molecule is COc1ccc(CC23CC(=CN)C(=Nc4ccc(F)cc4)C=C2CCN(Cc2ccccc2)C3)cc1. The molecule has 184 valence electrons. The maximum absolute atomic E-state index is 13.4. The van der Waals surface area contributed by atoms with Gasteiger partial charge in [0.2, 0.25) is 0 Å². The van der Waals surface area contributed by atoms with Crippen LogP contribution in [0.3, 0.4) is 0 Å². The molecule has 0 amide bonds. The Morgan fingerprint density at radius 1 is 1.00 bits per heavy atom. The van der Waals surface area contributed by atoms with Gasteiger partial charge >= 0.3 is 0 Å². The molecule has 0 bridgehead atoms. The van der Waals surface area contributed by atoms with Gasteiger partial charge in [0.15, 0.2) is 0 Å². The highest BCUT2D eigenvalue weighted by atomic mass is 19.1. The highest BCUT2D eigenvalue weighted by molar-refractivity contribution is 6.11. The van der Waals surface area contributed by atoms with E-state index in [1.54, 1.807) is 25.4 Å². The third-order valence-electron chi connectivity index (χ3n) is 7.30. The van der Waals surface area contributed by atoms with Gasteiger partial charge in [0.25, 0.3) is 0 Å². The Kier molecular flexibility index (Phi) is 7.01. The lowest BCUT2D eigenvalue weighted by Gasteiger charge is -2.48. The standard InChI is InChI=1S/C31H32FN3O/c1-36-29-13-7-23(8-14-29)18-31-19-25(20-33)30(34-28-11-9-27(32)10-12-28)17-26(31)15-16-35(22-31)21-24-5-3-2-4-6-24/h2-14,17,20H,15-16,18-19,21-22,33H2,1H3. The minimum absolute atomic E-state index is 0.0748. The number of halogens is 1. The Bertz CT molecular complexity index is 1280. The number of hydrogen-bond acceptors (Lipinski definition) is 4. The van der Waals surface area contributed by atoms with Crippen LogP contribution in [-0.4, -0.2) is 30.8 Å². The first-order chi connectivity index (χ1) is 17.6. The fourth-order valence-electron chi connectivity index (χ4n) is 5.51. The molecule has 1 atom stereocenters. The third kappa shape index (κ3) is 5.26. The fraction of sp³-hybridized carbons (Fsp3) is 0.258. The summed E-state index contributed by atoms with van der Waals surface area (Å²) in [5, 5.41) is 0. The molecular formula is C31H32FN3O.